The molecule has 1 aliphatic rings. The van der Waals surface area contributed by atoms with Crippen molar-refractivity contribution in [3.8, 4) is 0 Å². The molecule has 0 atom stereocenters. The van der Waals surface area contributed by atoms with Crippen LogP contribution in [0.3, 0.4) is 0 Å². The van der Waals surface area contributed by atoms with E-state index in [1.165, 1.54) is 0 Å². The fourth-order valence-corrected chi connectivity index (χ4v) is 2.35. The second kappa shape index (κ2) is 4.65. The van der Waals surface area contributed by atoms with Gasteiger partial charge in [0, 0.05) is 5.69 Å². The minimum absolute atomic E-state index is 0.159. The maximum absolute atomic E-state index is 12.9. The van der Waals surface area contributed by atoms with Gasteiger partial charge in [0.15, 0.2) is 0 Å². The Balaban J connectivity index is 2.02. The van der Waals surface area contributed by atoms with E-state index in [0.717, 1.165) is 36.3 Å². The number of hydrogen-bond acceptors (Lipinski definition) is 1. The quantitative estimate of drug-likeness (QED) is 0.714. The molecule has 0 N–H and O–H groups in total. The van der Waals surface area contributed by atoms with Crippen LogP contribution in [0.15, 0.2) is 24.3 Å². The molecule has 0 spiro atoms. The normalized spacial score (nSPS) is 19.7. The summed E-state index contributed by atoms with van der Waals surface area (Å²) in [5.41, 5.74) is 1.14. The maximum atomic E-state index is 12.9. The first-order chi connectivity index (χ1) is 8.01. The number of anilines is 1. The third-order valence-corrected chi connectivity index (χ3v) is 4.20. The fourth-order valence-electron chi connectivity index (χ4n) is 2.35. The van der Waals surface area contributed by atoms with Crippen LogP contribution in [-0.2, 0) is 0 Å². The van der Waals surface area contributed by atoms with Gasteiger partial charge in [-0.1, -0.05) is 0 Å². The first-order valence-corrected chi connectivity index (χ1v) is 6.36. The van der Waals surface area contributed by atoms with Crippen molar-refractivity contribution in [2.45, 2.75) is 19.9 Å². The highest BCUT2D eigenvalue weighted by Crippen LogP contribution is 2.21. The number of benzene rings is 1. The van der Waals surface area contributed by atoms with Crippen LogP contribution in [0.2, 0.25) is 0 Å². The number of nitrogens with zero attached hydrogens (tertiary/aromatic N) is 2. The van der Waals surface area contributed by atoms with E-state index < -0.39 is 0 Å². The van der Waals surface area contributed by atoms with Crippen LogP contribution >= 0.6 is 0 Å². The zero-order valence-corrected chi connectivity index (χ0v) is 11.0. The molecule has 0 aromatic heterocycles. The summed E-state index contributed by atoms with van der Waals surface area (Å²) in [6.45, 7) is 9.01. The fraction of sp³-hybridized carbons (Fsp3) is 0.571. The van der Waals surface area contributed by atoms with Gasteiger partial charge in [-0.2, -0.15) is 0 Å². The summed E-state index contributed by atoms with van der Waals surface area (Å²) < 4.78 is 14.0. The molecule has 1 saturated heterocycles. The van der Waals surface area contributed by atoms with Crippen molar-refractivity contribution in [3.05, 3.63) is 30.1 Å². The second-order valence-electron chi connectivity index (χ2n) is 5.48. The van der Waals surface area contributed by atoms with Crippen molar-refractivity contribution in [3.63, 3.8) is 0 Å². The van der Waals surface area contributed by atoms with Gasteiger partial charge >= 0.3 is 0 Å². The van der Waals surface area contributed by atoms with Crippen LogP contribution in [-0.4, -0.2) is 43.8 Å². The van der Waals surface area contributed by atoms with E-state index in [0.29, 0.717) is 6.04 Å². The van der Waals surface area contributed by atoms with Crippen molar-refractivity contribution < 1.29 is 8.87 Å². The summed E-state index contributed by atoms with van der Waals surface area (Å²) in [7, 11) is 2.33. The number of piperazine rings is 1. The lowest BCUT2D eigenvalue weighted by atomic mass is 10.1. The van der Waals surface area contributed by atoms with E-state index in [4.69, 9.17) is 0 Å². The Morgan fingerprint density at radius 2 is 1.65 bits per heavy atom. The maximum Gasteiger partial charge on any atom is 0.123 e. The van der Waals surface area contributed by atoms with Gasteiger partial charge in [-0.05, 0) is 38.1 Å². The lowest BCUT2D eigenvalue weighted by molar-refractivity contribution is -0.930. The van der Waals surface area contributed by atoms with Crippen molar-refractivity contribution in [2.24, 2.45) is 0 Å². The molecule has 1 aromatic rings. The summed E-state index contributed by atoms with van der Waals surface area (Å²) in [5, 5.41) is 0. The van der Waals surface area contributed by atoms with Crippen LogP contribution in [0.4, 0.5) is 10.1 Å². The monoisotopic (exact) mass is 237 g/mol. The SMILES string of the molecule is CC(C)[N+]1(C)CCN(c2ccc(F)cc2)CC1. The molecule has 0 saturated carbocycles. The average molecular weight is 237 g/mol. The van der Waals surface area contributed by atoms with Gasteiger partial charge in [0.1, 0.15) is 5.82 Å². The van der Waals surface area contributed by atoms with Gasteiger partial charge in [-0.25, -0.2) is 4.39 Å². The van der Waals surface area contributed by atoms with Crippen LogP contribution in [0.1, 0.15) is 13.8 Å². The molecule has 1 heterocycles. The lowest BCUT2D eigenvalue weighted by Gasteiger charge is -2.45. The highest BCUT2D eigenvalue weighted by molar-refractivity contribution is 5.46. The Labute approximate surface area is 103 Å². The Morgan fingerprint density at radius 1 is 1.12 bits per heavy atom. The molecule has 17 heavy (non-hydrogen) atoms. The van der Waals surface area contributed by atoms with E-state index in [1.54, 1.807) is 12.1 Å². The topological polar surface area (TPSA) is 3.24 Å². The minimum atomic E-state index is -0.159. The molecule has 0 bridgehead atoms. The second-order valence-corrected chi connectivity index (χ2v) is 5.48. The van der Waals surface area contributed by atoms with E-state index in [-0.39, 0.29) is 5.82 Å². The molecule has 2 nitrogen and oxygen atoms in total. The average Bonchev–Trinajstić information content (AvgIpc) is 2.31. The van der Waals surface area contributed by atoms with E-state index in [1.807, 2.05) is 12.1 Å². The van der Waals surface area contributed by atoms with Crippen LogP contribution in [0.25, 0.3) is 0 Å². The molecule has 1 aromatic carbocycles. The molecule has 0 aliphatic carbocycles. The van der Waals surface area contributed by atoms with Crippen molar-refractivity contribution in [2.75, 3.05) is 38.1 Å². The Morgan fingerprint density at radius 3 is 2.12 bits per heavy atom. The third-order valence-electron chi connectivity index (χ3n) is 4.20. The molecule has 0 radical (unpaired) electrons. The summed E-state index contributed by atoms with van der Waals surface area (Å²) in [6, 6.07) is 7.51. The third kappa shape index (κ3) is 2.60. The van der Waals surface area contributed by atoms with Gasteiger partial charge in [0.2, 0.25) is 0 Å². The first kappa shape index (κ1) is 12.4. The zero-order chi connectivity index (χ0) is 12.5. The summed E-state index contributed by atoms with van der Waals surface area (Å²) in [4.78, 5) is 2.35. The largest absolute Gasteiger partial charge is 0.360 e. The summed E-state index contributed by atoms with van der Waals surface area (Å²) in [5.74, 6) is -0.159. The van der Waals surface area contributed by atoms with E-state index in [9.17, 15) is 4.39 Å². The van der Waals surface area contributed by atoms with Crippen molar-refractivity contribution in [1.29, 1.82) is 0 Å². The summed E-state index contributed by atoms with van der Waals surface area (Å²) in [6.07, 6.45) is 0. The first-order valence-electron chi connectivity index (χ1n) is 6.36. The van der Waals surface area contributed by atoms with Gasteiger partial charge in [0.25, 0.3) is 0 Å². The van der Waals surface area contributed by atoms with Gasteiger partial charge in [-0.15, -0.1) is 0 Å². The molecule has 94 valence electrons. The predicted molar refractivity (Wildman–Crippen MR) is 69.7 cm³/mol. The molecule has 0 unspecified atom stereocenters. The molecule has 1 fully saturated rings. The predicted octanol–water partition coefficient (Wildman–Crippen LogP) is 2.50. The Kier molecular flexibility index (Phi) is 3.38. The molecular formula is C14H22FN2+. The number of halogens is 1. The summed E-state index contributed by atoms with van der Waals surface area (Å²) >= 11 is 0. The van der Waals surface area contributed by atoms with Crippen molar-refractivity contribution >= 4 is 5.69 Å². The van der Waals surface area contributed by atoms with Crippen LogP contribution < -0.4 is 4.90 Å². The standard InChI is InChI=1S/C14H22FN2/c1-12(2)17(3)10-8-16(9-11-17)14-6-4-13(15)5-7-14/h4-7,12H,8-11H2,1-3H3/q+1. The van der Waals surface area contributed by atoms with Gasteiger partial charge < -0.3 is 9.38 Å². The number of quaternary nitrogens is 1. The Bertz CT molecular complexity index is 364. The lowest BCUT2D eigenvalue weighted by Crippen LogP contribution is -2.60. The molecule has 2 rings (SSSR count). The van der Waals surface area contributed by atoms with Gasteiger partial charge in [0.05, 0.1) is 39.3 Å². The van der Waals surface area contributed by atoms with Crippen LogP contribution in [0, 0.1) is 5.82 Å². The minimum Gasteiger partial charge on any atom is -0.360 e. The van der Waals surface area contributed by atoms with Gasteiger partial charge in [-0.3, -0.25) is 0 Å². The smallest absolute Gasteiger partial charge is 0.123 e. The number of likely N-dealkylation sites (N-methyl/N-ethyl adjacent to an activating group) is 1. The van der Waals surface area contributed by atoms with Crippen molar-refractivity contribution in [1.82, 2.24) is 0 Å². The van der Waals surface area contributed by atoms with E-state index in [2.05, 4.69) is 25.8 Å². The number of rotatable bonds is 2. The highest BCUT2D eigenvalue weighted by Gasteiger charge is 2.31. The molecule has 3 heteroatoms. The number of hydrogen-bond donors (Lipinski definition) is 0. The highest BCUT2D eigenvalue weighted by atomic mass is 19.1. The molecule has 1 aliphatic heterocycles. The molecular weight excluding hydrogens is 215 g/mol. The zero-order valence-electron chi connectivity index (χ0n) is 11.0. The molecule has 0 amide bonds. The van der Waals surface area contributed by atoms with E-state index >= 15 is 0 Å². The van der Waals surface area contributed by atoms with Crippen LogP contribution in [0.5, 0.6) is 0 Å². The Hall–Kier alpha value is -1.09.